The molecule has 0 bridgehead atoms. The van der Waals surface area contributed by atoms with E-state index in [2.05, 4.69) is 0 Å². The monoisotopic (exact) mass is 232 g/mol. The standard InChI is InChI=1S/C4H6F4O3S.Na/c5-2(1-12(9,10)11)3(6)4(7)8;/h2-4H,1H2,(H,9,10,11);/q;+1/p-1. The Morgan fingerprint density at radius 3 is 1.77 bits per heavy atom. The molecule has 0 spiro atoms. The van der Waals surface area contributed by atoms with E-state index in [1.54, 1.807) is 0 Å². The molecule has 0 N–H and O–H groups in total. The van der Waals surface area contributed by atoms with E-state index < -0.39 is 34.6 Å². The molecule has 2 unspecified atom stereocenters. The van der Waals surface area contributed by atoms with Gasteiger partial charge in [-0.3, -0.25) is 0 Å². The van der Waals surface area contributed by atoms with Crippen LogP contribution in [0.25, 0.3) is 0 Å². The zero-order chi connectivity index (χ0) is 9.94. The van der Waals surface area contributed by atoms with E-state index in [9.17, 15) is 30.5 Å². The molecular weight excluding hydrogens is 227 g/mol. The van der Waals surface area contributed by atoms with Gasteiger partial charge in [-0.15, -0.1) is 0 Å². The first-order valence-electron chi connectivity index (χ1n) is 2.74. The van der Waals surface area contributed by atoms with Crippen LogP contribution in [0.5, 0.6) is 0 Å². The van der Waals surface area contributed by atoms with Crippen LogP contribution in [-0.4, -0.2) is 37.5 Å². The van der Waals surface area contributed by atoms with Crippen LogP contribution in [0, 0.1) is 0 Å². The normalized spacial score (nSPS) is 16.5. The van der Waals surface area contributed by atoms with Crippen LogP contribution in [0.2, 0.25) is 0 Å². The molecule has 74 valence electrons. The summed E-state index contributed by atoms with van der Waals surface area (Å²) in [6.45, 7) is 0. The molecule has 0 amide bonds. The average molecular weight is 232 g/mol. The number of alkyl halides is 4. The first-order valence-corrected chi connectivity index (χ1v) is 4.31. The fourth-order valence-corrected chi connectivity index (χ4v) is 1.02. The number of hydrogen-bond donors (Lipinski definition) is 0. The molecule has 2 atom stereocenters. The molecule has 0 rings (SSSR count). The van der Waals surface area contributed by atoms with E-state index in [0.717, 1.165) is 0 Å². The Morgan fingerprint density at radius 1 is 1.15 bits per heavy atom. The molecule has 0 aromatic rings. The van der Waals surface area contributed by atoms with E-state index >= 15 is 0 Å². The average Bonchev–Trinajstić information content (AvgIpc) is 1.82. The minimum atomic E-state index is -5.00. The van der Waals surface area contributed by atoms with Crippen molar-refractivity contribution < 1.29 is 60.1 Å². The van der Waals surface area contributed by atoms with Crippen molar-refractivity contribution in [2.75, 3.05) is 5.75 Å². The molecule has 0 aliphatic carbocycles. The Bertz CT molecular complexity index is 232. The summed E-state index contributed by atoms with van der Waals surface area (Å²) in [5, 5.41) is 0. The third kappa shape index (κ3) is 7.68. The summed E-state index contributed by atoms with van der Waals surface area (Å²) >= 11 is 0. The van der Waals surface area contributed by atoms with E-state index in [1.165, 1.54) is 0 Å². The van der Waals surface area contributed by atoms with Gasteiger partial charge in [0.1, 0.15) is 6.17 Å². The summed E-state index contributed by atoms with van der Waals surface area (Å²) in [7, 11) is -5.00. The van der Waals surface area contributed by atoms with Gasteiger partial charge in [-0.2, -0.15) is 0 Å². The largest absolute Gasteiger partial charge is 1.00 e. The maximum atomic E-state index is 12.1. The maximum absolute atomic E-state index is 12.1. The van der Waals surface area contributed by atoms with Gasteiger partial charge in [0.15, 0.2) is 6.17 Å². The Labute approximate surface area is 94.5 Å². The predicted octanol–water partition coefficient (Wildman–Crippen LogP) is -2.52. The van der Waals surface area contributed by atoms with E-state index in [-0.39, 0.29) is 29.6 Å². The summed E-state index contributed by atoms with van der Waals surface area (Å²) in [6, 6.07) is 0. The van der Waals surface area contributed by atoms with Gasteiger partial charge in [-0.1, -0.05) is 0 Å². The molecule has 0 saturated heterocycles. The second-order valence-electron chi connectivity index (χ2n) is 2.02. The molecule has 0 radical (unpaired) electrons. The van der Waals surface area contributed by atoms with Gasteiger partial charge in [-0.25, -0.2) is 26.0 Å². The Morgan fingerprint density at radius 2 is 1.54 bits per heavy atom. The van der Waals surface area contributed by atoms with Crippen LogP contribution >= 0.6 is 0 Å². The van der Waals surface area contributed by atoms with Crippen LogP contribution in [0.4, 0.5) is 17.6 Å². The fourth-order valence-electron chi connectivity index (χ4n) is 0.445. The third-order valence-electron chi connectivity index (χ3n) is 0.950. The molecule has 0 heterocycles. The maximum Gasteiger partial charge on any atom is 1.00 e. The van der Waals surface area contributed by atoms with Crippen LogP contribution in [0.3, 0.4) is 0 Å². The van der Waals surface area contributed by atoms with E-state index in [1.807, 2.05) is 0 Å². The topological polar surface area (TPSA) is 57.2 Å². The first-order chi connectivity index (χ1) is 5.24. The SMILES string of the molecule is O=S(=O)([O-])CC(F)C(F)C(F)F.[Na+]. The van der Waals surface area contributed by atoms with Crippen LogP contribution in [-0.2, 0) is 10.1 Å². The Balaban J connectivity index is 0. The minimum Gasteiger partial charge on any atom is -0.748 e. The smallest absolute Gasteiger partial charge is 0.748 e. The summed E-state index contributed by atoms with van der Waals surface area (Å²) in [6.07, 6.45) is -9.82. The van der Waals surface area contributed by atoms with Gasteiger partial charge in [0.05, 0.1) is 15.9 Å². The Kier molecular flexibility index (Phi) is 7.64. The molecule has 3 nitrogen and oxygen atoms in total. The van der Waals surface area contributed by atoms with Gasteiger partial charge < -0.3 is 4.55 Å². The number of halogens is 4. The van der Waals surface area contributed by atoms with Crippen molar-refractivity contribution in [3.8, 4) is 0 Å². The minimum absolute atomic E-state index is 0. The molecule has 9 heteroatoms. The van der Waals surface area contributed by atoms with Crippen molar-refractivity contribution in [2.24, 2.45) is 0 Å². The molecule has 0 aromatic carbocycles. The van der Waals surface area contributed by atoms with Gasteiger partial charge >= 0.3 is 29.6 Å². The van der Waals surface area contributed by atoms with Gasteiger partial charge in [0, 0.05) is 0 Å². The molecule has 13 heavy (non-hydrogen) atoms. The van der Waals surface area contributed by atoms with Crippen molar-refractivity contribution in [3.63, 3.8) is 0 Å². The molecule has 0 aromatic heterocycles. The van der Waals surface area contributed by atoms with Crippen LogP contribution < -0.4 is 29.6 Å². The van der Waals surface area contributed by atoms with Crippen molar-refractivity contribution in [3.05, 3.63) is 0 Å². The number of rotatable bonds is 4. The molecule has 0 aliphatic rings. The van der Waals surface area contributed by atoms with Gasteiger partial charge in [0.2, 0.25) is 0 Å². The Hall–Kier alpha value is 0.630. The van der Waals surface area contributed by atoms with E-state index in [4.69, 9.17) is 0 Å². The third-order valence-corrected chi connectivity index (χ3v) is 1.68. The van der Waals surface area contributed by atoms with Crippen molar-refractivity contribution >= 4 is 10.1 Å². The molecular formula is C4H5F4NaO3S. The van der Waals surface area contributed by atoms with Crippen LogP contribution in [0.15, 0.2) is 0 Å². The zero-order valence-corrected chi connectivity index (χ0v) is 9.40. The number of hydrogen-bond acceptors (Lipinski definition) is 3. The summed E-state index contributed by atoms with van der Waals surface area (Å²) < 4.78 is 76.0. The predicted molar refractivity (Wildman–Crippen MR) is 30.4 cm³/mol. The van der Waals surface area contributed by atoms with Gasteiger partial charge in [-0.05, 0) is 0 Å². The van der Waals surface area contributed by atoms with Crippen molar-refractivity contribution in [2.45, 2.75) is 18.8 Å². The summed E-state index contributed by atoms with van der Waals surface area (Å²) in [5.41, 5.74) is 0. The fraction of sp³-hybridized carbons (Fsp3) is 1.00. The molecule has 0 fully saturated rings. The summed E-state index contributed by atoms with van der Waals surface area (Å²) in [4.78, 5) is 0. The second kappa shape index (κ2) is 6.18. The molecule has 0 aliphatic heterocycles. The molecule has 0 saturated carbocycles. The van der Waals surface area contributed by atoms with Crippen molar-refractivity contribution in [1.29, 1.82) is 0 Å². The van der Waals surface area contributed by atoms with E-state index in [0.29, 0.717) is 0 Å². The quantitative estimate of drug-likeness (QED) is 0.305. The van der Waals surface area contributed by atoms with Crippen molar-refractivity contribution in [1.82, 2.24) is 0 Å². The van der Waals surface area contributed by atoms with Gasteiger partial charge in [0.25, 0.3) is 6.43 Å². The second-order valence-corrected chi connectivity index (χ2v) is 3.47. The van der Waals surface area contributed by atoms with Crippen LogP contribution in [0.1, 0.15) is 0 Å². The first kappa shape index (κ1) is 16.1. The summed E-state index contributed by atoms with van der Waals surface area (Å²) in [5.74, 6) is -1.77. The zero-order valence-electron chi connectivity index (χ0n) is 6.58.